The Bertz CT molecular complexity index is 82.4. The topological polar surface area (TPSA) is 26.0 Å². The van der Waals surface area contributed by atoms with E-state index in [1.165, 1.54) is 6.92 Å². The first-order chi connectivity index (χ1) is 3.95. The van der Waals surface area contributed by atoms with E-state index in [0.717, 1.165) is 0 Å². The molecule has 0 aromatic rings. The van der Waals surface area contributed by atoms with Crippen molar-refractivity contribution in [2.45, 2.75) is 17.7 Å². The van der Waals surface area contributed by atoms with Gasteiger partial charge in [0.05, 0.1) is 0 Å². The van der Waals surface area contributed by atoms with Gasteiger partial charge < -0.3 is 5.73 Å². The quantitative estimate of drug-likeness (QED) is 0.662. The fourth-order valence-electron chi connectivity index (χ4n) is 0.276. The van der Waals surface area contributed by atoms with Crippen LogP contribution in [0.1, 0.15) is 6.92 Å². The van der Waals surface area contributed by atoms with E-state index in [9.17, 15) is 13.2 Å². The molecule has 0 saturated carbocycles. The molecular weight excluding hydrogens is 151 g/mol. The standard InChI is InChI=1S/C4H8F3NS/c1-3(2-8)9-4(5,6)7/h3H,2,8H2,1H3. The van der Waals surface area contributed by atoms with E-state index in [4.69, 9.17) is 5.73 Å². The van der Waals surface area contributed by atoms with E-state index < -0.39 is 10.8 Å². The summed E-state index contributed by atoms with van der Waals surface area (Å²) in [5.41, 5.74) is 0.818. The van der Waals surface area contributed by atoms with Gasteiger partial charge in [-0.3, -0.25) is 0 Å². The smallest absolute Gasteiger partial charge is 0.329 e. The number of thioether (sulfide) groups is 1. The van der Waals surface area contributed by atoms with Gasteiger partial charge in [0.15, 0.2) is 0 Å². The maximum Gasteiger partial charge on any atom is 0.442 e. The lowest BCUT2D eigenvalue weighted by Crippen LogP contribution is -2.17. The zero-order valence-electron chi connectivity index (χ0n) is 4.90. The third-order valence-corrected chi connectivity index (χ3v) is 1.53. The summed E-state index contributed by atoms with van der Waals surface area (Å²) in [5.74, 6) is 0. The number of hydrogen-bond acceptors (Lipinski definition) is 2. The summed E-state index contributed by atoms with van der Waals surface area (Å²) in [6.07, 6.45) is 0. The summed E-state index contributed by atoms with van der Waals surface area (Å²) in [4.78, 5) is 0. The van der Waals surface area contributed by atoms with Crippen LogP contribution in [-0.2, 0) is 0 Å². The molecule has 0 aromatic carbocycles. The maximum absolute atomic E-state index is 11.4. The predicted octanol–water partition coefficient (Wildman–Crippen LogP) is 1.59. The molecule has 9 heavy (non-hydrogen) atoms. The molecule has 0 radical (unpaired) electrons. The first kappa shape index (κ1) is 9.10. The van der Waals surface area contributed by atoms with Gasteiger partial charge >= 0.3 is 5.51 Å². The van der Waals surface area contributed by atoms with Crippen LogP contribution < -0.4 is 5.73 Å². The van der Waals surface area contributed by atoms with Crippen molar-refractivity contribution >= 4 is 11.8 Å². The molecule has 0 aliphatic heterocycles. The summed E-state index contributed by atoms with van der Waals surface area (Å²) in [6.45, 7) is 1.50. The van der Waals surface area contributed by atoms with Gasteiger partial charge in [0.1, 0.15) is 0 Å². The van der Waals surface area contributed by atoms with E-state index in [1.807, 2.05) is 0 Å². The molecule has 1 atom stereocenters. The Balaban J connectivity index is 3.47. The number of rotatable bonds is 2. The van der Waals surface area contributed by atoms with E-state index in [2.05, 4.69) is 0 Å². The molecule has 1 unspecified atom stereocenters. The van der Waals surface area contributed by atoms with Gasteiger partial charge in [-0.25, -0.2) is 0 Å². The van der Waals surface area contributed by atoms with Crippen molar-refractivity contribution in [2.24, 2.45) is 5.73 Å². The lowest BCUT2D eigenvalue weighted by atomic mass is 10.5. The average Bonchev–Trinajstić information content (AvgIpc) is 1.62. The minimum atomic E-state index is -4.14. The third kappa shape index (κ3) is 5.98. The Morgan fingerprint density at radius 1 is 1.56 bits per heavy atom. The molecule has 0 spiro atoms. The van der Waals surface area contributed by atoms with Crippen LogP contribution in [0.2, 0.25) is 0 Å². The maximum atomic E-state index is 11.4. The molecule has 0 aliphatic carbocycles. The largest absolute Gasteiger partial charge is 0.442 e. The molecule has 0 heterocycles. The Hall–Kier alpha value is 0.100. The van der Waals surface area contributed by atoms with Crippen LogP contribution in [-0.4, -0.2) is 17.3 Å². The monoisotopic (exact) mass is 159 g/mol. The SMILES string of the molecule is CC(CN)SC(F)(F)F. The minimum absolute atomic E-state index is 0.0597. The number of alkyl halides is 3. The molecule has 0 aliphatic rings. The normalized spacial score (nSPS) is 15.7. The van der Waals surface area contributed by atoms with Gasteiger partial charge in [0.2, 0.25) is 0 Å². The van der Waals surface area contributed by atoms with Crippen molar-refractivity contribution in [1.82, 2.24) is 0 Å². The van der Waals surface area contributed by atoms with Gasteiger partial charge in [-0.05, 0) is 11.8 Å². The van der Waals surface area contributed by atoms with E-state index >= 15 is 0 Å². The number of hydrogen-bond donors (Lipinski definition) is 1. The van der Waals surface area contributed by atoms with Crippen molar-refractivity contribution in [1.29, 1.82) is 0 Å². The summed E-state index contributed by atoms with van der Waals surface area (Å²) in [5, 5.41) is -0.537. The molecule has 0 rings (SSSR count). The van der Waals surface area contributed by atoms with Crippen LogP contribution >= 0.6 is 11.8 Å². The summed E-state index contributed by atoms with van der Waals surface area (Å²) in [7, 11) is 0. The first-order valence-electron chi connectivity index (χ1n) is 2.40. The molecular formula is C4H8F3NS. The highest BCUT2D eigenvalue weighted by Gasteiger charge is 2.30. The van der Waals surface area contributed by atoms with Crippen molar-refractivity contribution in [3.63, 3.8) is 0 Å². The number of halogens is 3. The zero-order chi connectivity index (χ0) is 7.49. The van der Waals surface area contributed by atoms with Crippen molar-refractivity contribution in [3.8, 4) is 0 Å². The molecule has 0 amide bonds. The molecule has 0 aromatic heterocycles. The van der Waals surface area contributed by atoms with Crippen molar-refractivity contribution < 1.29 is 13.2 Å². The highest BCUT2D eigenvalue weighted by atomic mass is 32.2. The molecule has 0 saturated heterocycles. The lowest BCUT2D eigenvalue weighted by molar-refractivity contribution is -0.0332. The van der Waals surface area contributed by atoms with Crippen LogP contribution in [0.25, 0.3) is 0 Å². The first-order valence-corrected chi connectivity index (χ1v) is 3.28. The second kappa shape index (κ2) is 3.31. The average molecular weight is 159 g/mol. The fraction of sp³-hybridized carbons (Fsp3) is 1.00. The van der Waals surface area contributed by atoms with Gasteiger partial charge in [-0.2, -0.15) is 13.2 Å². The van der Waals surface area contributed by atoms with Crippen LogP contribution in [0.3, 0.4) is 0 Å². The zero-order valence-corrected chi connectivity index (χ0v) is 5.72. The van der Waals surface area contributed by atoms with Crippen molar-refractivity contribution in [2.75, 3.05) is 6.54 Å². The summed E-state index contributed by atoms with van der Waals surface area (Å²) < 4.78 is 34.2. The Kier molecular flexibility index (Phi) is 3.35. The predicted molar refractivity (Wildman–Crippen MR) is 32.2 cm³/mol. The van der Waals surface area contributed by atoms with E-state index in [1.54, 1.807) is 0 Å². The highest BCUT2D eigenvalue weighted by Crippen LogP contribution is 2.32. The second-order valence-corrected chi connectivity index (χ2v) is 3.11. The van der Waals surface area contributed by atoms with Crippen LogP contribution in [0.15, 0.2) is 0 Å². The van der Waals surface area contributed by atoms with Gasteiger partial charge in [-0.1, -0.05) is 6.92 Å². The molecule has 0 bridgehead atoms. The third-order valence-electron chi connectivity index (χ3n) is 0.667. The molecule has 5 heteroatoms. The molecule has 2 N–H and O–H groups in total. The van der Waals surface area contributed by atoms with Crippen LogP contribution in [0.4, 0.5) is 13.2 Å². The van der Waals surface area contributed by atoms with E-state index in [-0.39, 0.29) is 18.3 Å². The van der Waals surface area contributed by atoms with Crippen LogP contribution in [0, 0.1) is 0 Å². The lowest BCUT2D eigenvalue weighted by Gasteiger charge is -2.09. The molecule has 1 nitrogen and oxygen atoms in total. The molecule has 0 fully saturated rings. The Morgan fingerprint density at radius 3 is 2.11 bits per heavy atom. The van der Waals surface area contributed by atoms with Crippen molar-refractivity contribution in [3.05, 3.63) is 0 Å². The van der Waals surface area contributed by atoms with E-state index in [0.29, 0.717) is 0 Å². The second-order valence-electron chi connectivity index (χ2n) is 1.61. The van der Waals surface area contributed by atoms with Gasteiger partial charge in [0.25, 0.3) is 0 Å². The summed E-state index contributed by atoms with van der Waals surface area (Å²) >= 11 is -0.0683. The summed E-state index contributed by atoms with van der Waals surface area (Å²) in [6, 6.07) is 0. The Morgan fingerprint density at radius 2 is 2.00 bits per heavy atom. The van der Waals surface area contributed by atoms with Crippen LogP contribution in [0.5, 0.6) is 0 Å². The fourth-order valence-corrected chi connectivity index (χ4v) is 0.829. The highest BCUT2D eigenvalue weighted by molar-refractivity contribution is 8.00. The minimum Gasteiger partial charge on any atom is -0.329 e. The Labute approximate surface area is 55.8 Å². The van der Waals surface area contributed by atoms with Gasteiger partial charge in [0, 0.05) is 11.8 Å². The number of nitrogens with two attached hydrogens (primary N) is 1. The van der Waals surface area contributed by atoms with Gasteiger partial charge in [-0.15, -0.1) is 0 Å². The molecule has 56 valence electrons.